The van der Waals surface area contributed by atoms with Gasteiger partial charge >= 0.3 is 0 Å². The Balaban J connectivity index is 1.68. The normalized spacial score (nSPS) is 13.3. The number of amides is 1. The van der Waals surface area contributed by atoms with E-state index in [0.29, 0.717) is 31.0 Å². The van der Waals surface area contributed by atoms with Gasteiger partial charge in [0.15, 0.2) is 0 Å². The third kappa shape index (κ3) is 3.51. The standard InChI is InChI=1S/C18H18FNO3/c1-22-8-7-20-11-14-5-6-16(10-17(14)18(20)21)23-12-13-3-2-4-15(19)9-13/h2-6,9-10H,7-8,11-12H2,1H3. The molecule has 0 aliphatic carbocycles. The van der Waals surface area contributed by atoms with Gasteiger partial charge in [0.05, 0.1) is 6.61 Å². The van der Waals surface area contributed by atoms with E-state index in [-0.39, 0.29) is 18.3 Å². The number of nitrogens with zero attached hydrogens (tertiary/aromatic N) is 1. The first kappa shape index (κ1) is 15.5. The van der Waals surface area contributed by atoms with E-state index in [0.717, 1.165) is 11.1 Å². The molecule has 0 N–H and O–H groups in total. The van der Waals surface area contributed by atoms with Gasteiger partial charge in [0.25, 0.3) is 5.91 Å². The van der Waals surface area contributed by atoms with Gasteiger partial charge in [0.2, 0.25) is 0 Å². The summed E-state index contributed by atoms with van der Waals surface area (Å²) in [4.78, 5) is 14.1. The van der Waals surface area contributed by atoms with Crippen LogP contribution in [-0.4, -0.2) is 31.1 Å². The summed E-state index contributed by atoms with van der Waals surface area (Å²) < 4.78 is 23.9. The van der Waals surface area contributed by atoms with Crippen molar-refractivity contribution in [2.24, 2.45) is 0 Å². The molecule has 2 aromatic carbocycles. The molecule has 2 aromatic rings. The van der Waals surface area contributed by atoms with Gasteiger partial charge < -0.3 is 14.4 Å². The zero-order valence-corrected chi connectivity index (χ0v) is 12.9. The van der Waals surface area contributed by atoms with E-state index in [4.69, 9.17) is 9.47 Å². The van der Waals surface area contributed by atoms with Crippen LogP contribution in [0.4, 0.5) is 4.39 Å². The molecule has 0 unspecified atom stereocenters. The Kier molecular flexibility index (Phi) is 4.57. The number of carbonyl (C=O) groups excluding carboxylic acids is 1. The van der Waals surface area contributed by atoms with E-state index in [1.165, 1.54) is 12.1 Å². The van der Waals surface area contributed by atoms with Crippen LogP contribution in [0.2, 0.25) is 0 Å². The van der Waals surface area contributed by atoms with E-state index in [1.807, 2.05) is 12.1 Å². The molecule has 0 fully saturated rings. The van der Waals surface area contributed by atoms with Crippen LogP contribution in [0.1, 0.15) is 21.5 Å². The fourth-order valence-corrected chi connectivity index (χ4v) is 2.61. The first-order valence-corrected chi connectivity index (χ1v) is 7.46. The summed E-state index contributed by atoms with van der Waals surface area (Å²) in [5.74, 6) is 0.312. The molecule has 3 rings (SSSR count). The number of fused-ring (bicyclic) bond motifs is 1. The molecule has 0 bridgehead atoms. The van der Waals surface area contributed by atoms with Crippen molar-refractivity contribution in [3.63, 3.8) is 0 Å². The molecule has 0 saturated heterocycles. The summed E-state index contributed by atoms with van der Waals surface area (Å²) in [6.45, 7) is 1.95. The molecule has 5 heteroatoms. The van der Waals surface area contributed by atoms with Crippen molar-refractivity contribution >= 4 is 5.91 Å². The fourth-order valence-electron chi connectivity index (χ4n) is 2.61. The SMILES string of the molecule is COCCN1Cc2ccc(OCc3cccc(F)c3)cc2C1=O. The van der Waals surface area contributed by atoms with Crippen LogP contribution in [0, 0.1) is 5.82 Å². The van der Waals surface area contributed by atoms with Gasteiger partial charge in [-0.1, -0.05) is 18.2 Å². The predicted octanol–water partition coefficient (Wildman–Crippen LogP) is 3.01. The van der Waals surface area contributed by atoms with E-state index in [2.05, 4.69) is 0 Å². The van der Waals surface area contributed by atoms with Gasteiger partial charge in [-0.05, 0) is 35.4 Å². The molecule has 0 saturated carbocycles. The highest BCUT2D eigenvalue weighted by molar-refractivity contribution is 5.98. The number of benzene rings is 2. The number of hydrogen-bond acceptors (Lipinski definition) is 3. The zero-order valence-electron chi connectivity index (χ0n) is 12.9. The second-order valence-electron chi connectivity index (χ2n) is 5.46. The van der Waals surface area contributed by atoms with Crippen LogP contribution in [0.3, 0.4) is 0 Å². The maximum absolute atomic E-state index is 13.2. The molecule has 0 aromatic heterocycles. The van der Waals surface area contributed by atoms with Crippen molar-refractivity contribution in [3.05, 3.63) is 65.0 Å². The Morgan fingerprint density at radius 3 is 2.87 bits per heavy atom. The first-order valence-electron chi connectivity index (χ1n) is 7.46. The maximum Gasteiger partial charge on any atom is 0.254 e. The second kappa shape index (κ2) is 6.79. The molecule has 1 amide bonds. The lowest BCUT2D eigenvalue weighted by Crippen LogP contribution is -2.27. The average molecular weight is 315 g/mol. The molecule has 23 heavy (non-hydrogen) atoms. The van der Waals surface area contributed by atoms with Crippen molar-refractivity contribution in [2.75, 3.05) is 20.3 Å². The van der Waals surface area contributed by atoms with E-state index in [9.17, 15) is 9.18 Å². The van der Waals surface area contributed by atoms with Crippen molar-refractivity contribution in [2.45, 2.75) is 13.2 Å². The number of halogens is 1. The molecule has 1 aliphatic heterocycles. The monoisotopic (exact) mass is 315 g/mol. The highest BCUT2D eigenvalue weighted by Gasteiger charge is 2.27. The molecule has 0 radical (unpaired) electrons. The van der Waals surface area contributed by atoms with Crippen LogP contribution < -0.4 is 4.74 Å². The number of rotatable bonds is 6. The third-order valence-corrected chi connectivity index (χ3v) is 3.82. The molecular formula is C18H18FNO3. The Bertz CT molecular complexity index is 717. The van der Waals surface area contributed by atoms with Gasteiger partial charge in [-0.3, -0.25) is 4.79 Å². The molecule has 1 heterocycles. The van der Waals surface area contributed by atoms with Crippen molar-refractivity contribution in [1.82, 2.24) is 4.90 Å². The Hall–Kier alpha value is -2.40. The quantitative estimate of drug-likeness (QED) is 0.822. The Morgan fingerprint density at radius 2 is 2.09 bits per heavy atom. The molecule has 0 spiro atoms. The van der Waals surface area contributed by atoms with E-state index in [1.54, 1.807) is 30.2 Å². The van der Waals surface area contributed by atoms with Crippen molar-refractivity contribution in [1.29, 1.82) is 0 Å². The van der Waals surface area contributed by atoms with Crippen molar-refractivity contribution in [3.8, 4) is 5.75 Å². The van der Waals surface area contributed by atoms with E-state index >= 15 is 0 Å². The lowest BCUT2D eigenvalue weighted by Gasteiger charge is -2.14. The summed E-state index contributed by atoms with van der Waals surface area (Å²) in [5.41, 5.74) is 2.40. The maximum atomic E-state index is 13.2. The van der Waals surface area contributed by atoms with Crippen molar-refractivity contribution < 1.29 is 18.7 Å². The Labute approximate surface area is 134 Å². The second-order valence-corrected chi connectivity index (χ2v) is 5.46. The summed E-state index contributed by atoms with van der Waals surface area (Å²) in [6, 6.07) is 11.8. The number of hydrogen-bond donors (Lipinski definition) is 0. The predicted molar refractivity (Wildman–Crippen MR) is 83.8 cm³/mol. The minimum Gasteiger partial charge on any atom is -0.489 e. The van der Waals surface area contributed by atoms with Crippen LogP contribution in [0.5, 0.6) is 5.75 Å². The van der Waals surface area contributed by atoms with Gasteiger partial charge in [0, 0.05) is 25.8 Å². The largest absolute Gasteiger partial charge is 0.489 e. The summed E-state index contributed by atoms with van der Waals surface area (Å²) in [5, 5.41) is 0. The van der Waals surface area contributed by atoms with Gasteiger partial charge in [0.1, 0.15) is 18.2 Å². The smallest absolute Gasteiger partial charge is 0.254 e. The number of carbonyl (C=O) groups is 1. The molecular weight excluding hydrogens is 297 g/mol. The number of ether oxygens (including phenoxy) is 2. The summed E-state index contributed by atoms with van der Waals surface area (Å²) in [7, 11) is 1.62. The summed E-state index contributed by atoms with van der Waals surface area (Å²) >= 11 is 0. The van der Waals surface area contributed by atoms with E-state index < -0.39 is 0 Å². The molecule has 1 aliphatic rings. The van der Waals surface area contributed by atoms with Crippen LogP contribution in [-0.2, 0) is 17.9 Å². The average Bonchev–Trinajstić information content (AvgIpc) is 2.87. The van der Waals surface area contributed by atoms with Crippen LogP contribution in [0.15, 0.2) is 42.5 Å². The molecule has 120 valence electrons. The van der Waals surface area contributed by atoms with Crippen LogP contribution in [0.25, 0.3) is 0 Å². The Morgan fingerprint density at radius 1 is 1.22 bits per heavy atom. The zero-order chi connectivity index (χ0) is 16.2. The minimum atomic E-state index is -0.288. The summed E-state index contributed by atoms with van der Waals surface area (Å²) in [6.07, 6.45) is 0. The number of methoxy groups -OCH3 is 1. The van der Waals surface area contributed by atoms with Gasteiger partial charge in [-0.2, -0.15) is 0 Å². The minimum absolute atomic E-state index is 0.00624. The topological polar surface area (TPSA) is 38.8 Å². The lowest BCUT2D eigenvalue weighted by atomic mass is 10.1. The third-order valence-electron chi connectivity index (χ3n) is 3.82. The fraction of sp³-hybridized carbons (Fsp3) is 0.278. The molecule has 0 atom stereocenters. The van der Waals surface area contributed by atoms with Gasteiger partial charge in [-0.15, -0.1) is 0 Å². The highest BCUT2D eigenvalue weighted by atomic mass is 19.1. The molecule has 4 nitrogen and oxygen atoms in total. The first-order chi connectivity index (χ1) is 11.2. The van der Waals surface area contributed by atoms with Gasteiger partial charge in [-0.25, -0.2) is 4.39 Å². The highest BCUT2D eigenvalue weighted by Crippen LogP contribution is 2.27. The lowest BCUT2D eigenvalue weighted by molar-refractivity contribution is 0.0719. The van der Waals surface area contributed by atoms with Crippen LogP contribution >= 0.6 is 0 Å².